The predicted molar refractivity (Wildman–Crippen MR) is 86.9 cm³/mol. The van der Waals surface area contributed by atoms with Gasteiger partial charge in [0, 0.05) is 6.20 Å². The Bertz CT molecular complexity index is 691. The molecule has 0 saturated heterocycles. The molecule has 1 aliphatic rings. The summed E-state index contributed by atoms with van der Waals surface area (Å²) in [6.45, 7) is 9.33. The highest BCUT2D eigenvalue weighted by atomic mass is 16.1. The van der Waals surface area contributed by atoms with Gasteiger partial charge in [-0.1, -0.05) is 45.9 Å². The van der Waals surface area contributed by atoms with Gasteiger partial charge in [0.15, 0.2) is 6.29 Å². The van der Waals surface area contributed by atoms with Crippen LogP contribution in [0.25, 0.3) is 11.1 Å². The van der Waals surface area contributed by atoms with E-state index in [1.54, 1.807) is 0 Å². The lowest BCUT2D eigenvalue weighted by molar-refractivity contribution is 0.111. The highest BCUT2D eigenvalue weighted by molar-refractivity contribution is 5.77. The van der Waals surface area contributed by atoms with E-state index in [1.165, 1.54) is 29.5 Å². The van der Waals surface area contributed by atoms with Crippen LogP contribution in [0.2, 0.25) is 0 Å². The maximum Gasteiger partial charge on any atom is 0.166 e. The van der Waals surface area contributed by atoms with Crippen LogP contribution in [-0.2, 0) is 10.8 Å². The van der Waals surface area contributed by atoms with Crippen LogP contribution in [-0.4, -0.2) is 11.3 Å². The zero-order valence-electron chi connectivity index (χ0n) is 13.3. The lowest BCUT2D eigenvalue weighted by Gasteiger charge is -2.42. The molecule has 1 aliphatic carbocycles. The molecule has 0 amide bonds. The first-order chi connectivity index (χ1) is 9.83. The normalized spacial score (nSPS) is 19.0. The summed E-state index contributed by atoms with van der Waals surface area (Å²) < 4.78 is 0. The minimum Gasteiger partial charge on any atom is -0.358 e. The molecular weight excluding hydrogens is 258 g/mol. The molecule has 0 unspecified atom stereocenters. The predicted octanol–water partition coefficient (Wildman–Crippen LogP) is 4.84. The largest absolute Gasteiger partial charge is 0.358 e. The number of aromatic nitrogens is 1. The van der Waals surface area contributed by atoms with Gasteiger partial charge >= 0.3 is 0 Å². The van der Waals surface area contributed by atoms with Crippen molar-refractivity contribution in [2.24, 2.45) is 0 Å². The molecule has 1 aromatic heterocycles. The van der Waals surface area contributed by atoms with Gasteiger partial charge in [0.1, 0.15) is 0 Å². The summed E-state index contributed by atoms with van der Waals surface area (Å²) in [5.74, 6) is 0. The summed E-state index contributed by atoms with van der Waals surface area (Å²) in [5, 5.41) is 0. The standard InChI is InChI=1S/C19H23NO/c1-18(2)7-8-19(3,4)17-10-13(5-6-16(17)18)14-9-15(12-21)20-11-14/h5-6,9-12,20H,7-8H2,1-4H3. The Hall–Kier alpha value is -1.83. The third kappa shape index (κ3) is 2.33. The number of fused-ring (bicyclic) bond motifs is 1. The maximum absolute atomic E-state index is 10.8. The van der Waals surface area contributed by atoms with Gasteiger partial charge in [-0.3, -0.25) is 4.79 Å². The van der Waals surface area contributed by atoms with E-state index in [0.29, 0.717) is 5.69 Å². The van der Waals surface area contributed by atoms with Crippen LogP contribution in [0.15, 0.2) is 30.5 Å². The number of hydrogen-bond donors (Lipinski definition) is 1. The fourth-order valence-electron chi connectivity index (χ4n) is 3.41. The third-order valence-corrected chi connectivity index (χ3v) is 5.02. The van der Waals surface area contributed by atoms with Gasteiger partial charge < -0.3 is 4.98 Å². The summed E-state index contributed by atoms with van der Waals surface area (Å²) in [5.41, 5.74) is 6.27. The third-order valence-electron chi connectivity index (χ3n) is 5.02. The molecule has 2 aromatic rings. The molecular formula is C19H23NO. The average Bonchev–Trinajstić information content (AvgIpc) is 2.93. The highest BCUT2D eigenvalue weighted by Gasteiger charge is 2.36. The fraction of sp³-hybridized carbons (Fsp3) is 0.421. The summed E-state index contributed by atoms with van der Waals surface area (Å²) >= 11 is 0. The van der Waals surface area contributed by atoms with Crippen molar-refractivity contribution < 1.29 is 4.79 Å². The molecule has 0 spiro atoms. The van der Waals surface area contributed by atoms with E-state index in [9.17, 15) is 4.79 Å². The van der Waals surface area contributed by atoms with Crippen molar-refractivity contribution in [2.45, 2.75) is 51.4 Å². The summed E-state index contributed by atoms with van der Waals surface area (Å²) in [7, 11) is 0. The molecule has 1 heterocycles. The number of aromatic amines is 1. The minimum atomic E-state index is 0.213. The van der Waals surface area contributed by atoms with Gasteiger partial charge in [0.05, 0.1) is 5.69 Å². The fourth-order valence-corrected chi connectivity index (χ4v) is 3.41. The van der Waals surface area contributed by atoms with Crippen molar-refractivity contribution in [3.8, 4) is 11.1 Å². The van der Waals surface area contributed by atoms with Crippen LogP contribution in [0.1, 0.15) is 62.2 Å². The van der Waals surface area contributed by atoms with Crippen LogP contribution in [0.4, 0.5) is 0 Å². The zero-order valence-corrected chi connectivity index (χ0v) is 13.3. The number of hydrogen-bond acceptors (Lipinski definition) is 1. The molecule has 0 radical (unpaired) electrons. The van der Waals surface area contributed by atoms with Gasteiger partial charge in [-0.25, -0.2) is 0 Å². The number of carbonyl (C=O) groups excluding carboxylic acids is 1. The van der Waals surface area contributed by atoms with Crippen molar-refractivity contribution in [1.82, 2.24) is 4.98 Å². The average molecular weight is 281 g/mol. The van der Waals surface area contributed by atoms with E-state index >= 15 is 0 Å². The van der Waals surface area contributed by atoms with Crippen LogP contribution in [0.3, 0.4) is 0 Å². The molecule has 2 nitrogen and oxygen atoms in total. The van der Waals surface area contributed by atoms with E-state index < -0.39 is 0 Å². The van der Waals surface area contributed by atoms with Gasteiger partial charge in [-0.2, -0.15) is 0 Å². The lowest BCUT2D eigenvalue weighted by Crippen LogP contribution is -2.33. The first-order valence-corrected chi connectivity index (χ1v) is 7.62. The van der Waals surface area contributed by atoms with Crippen molar-refractivity contribution in [2.75, 3.05) is 0 Å². The van der Waals surface area contributed by atoms with E-state index in [2.05, 4.69) is 50.9 Å². The monoisotopic (exact) mass is 281 g/mol. The van der Waals surface area contributed by atoms with Crippen molar-refractivity contribution in [1.29, 1.82) is 0 Å². The van der Waals surface area contributed by atoms with Crippen LogP contribution in [0.5, 0.6) is 0 Å². The Balaban J connectivity index is 2.13. The summed E-state index contributed by atoms with van der Waals surface area (Å²) in [4.78, 5) is 13.8. The van der Waals surface area contributed by atoms with E-state index in [1.807, 2.05) is 12.3 Å². The first-order valence-electron chi connectivity index (χ1n) is 7.62. The summed E-state index contributed by atoms with van der Waals surface area (Å²) in [6.07, 6.45) is 5.20. The topological polar surface area (TPSA) is 32.9 Å². The molecule has 1 N–H and O–H groups in total. The molecule has 0 aliphatic heterocycles. The summed E-state index contributed by atoms with van der Waals surface area (Å²) in [6, 6.07) is 8.68. The number of rotatable bonds is 2. The molecule has 0 fully saturated rings. The van der Waals surface area contributed by atoms with Crippen LogP contribution >= 0.6 is 0 Å². The van der Waals surface area contributed by atoms with Gasteiger partial charge in [-0.05, 0) is 52.0 Å². The first kappa shape index (κ1) is 14.1. The smallest absolute Gasteiger partial charge is 0.166 e. The molecule has 0 saturated carbocycles. The van der Waals surface area contributed by atoms with E-state index in [0.717, 1.165) is 11.8 Å². The molecule has 1 aromatic carbocycles. The van der Waals surface area contributed by atoms with Gasteiger partial charge in [-0.15, -0.1) is 0 Å². The second-order valence-electron chi connectivity index (χ2n) is 7.49. The second kappa shape index (κ2) is 4.59. The molecule has 2 heteroatoms. The number of benzene rings is 1. The Kier molecular flexibility index (Phi) is 3.09. The van der Waals surface area contributed by atoms with Crippen molar-refractivity contribution in [3.63, 3.8) is 0 Å². The van der Waals surface area contributed by atoms with Gasteiger partial charge in [0.2, 0.25) is 0 Å². The zero-order chi connectivity index (χ0) is 15.3. The Labute approximate surface area is 126 Å². The van der Waals surface area contributed by atoms with E-state index in [4.69, 9.17) is 0 Å². The molecule has 21 heavy (non-hydrogen) atoms. The van der Waals surface area contributed by atoms with Gasteiger partial charge in [0.25, 0.3) is 0 Å². The number of carbonyl (C=O) groups is 1. The Morgan fingerprint density at radius 2 is 1.62 bits per heavy atom. The van der Waals surface area contributed by atoms with Crippen molar-refractivity contribution in [3.05, 3.63) is 47.3 Å². The molecule has 110 valence electrons. The minimum absolute atomic E-state index is 0.213. The number of nitrogens with one attached hydrogen (secondary N) is 1. The second-order valence-corrected chi connectivity index (χ2v) is 7.49. The SMILES string of the molecule is CC1(C)CCC(C)(C)c2cc(-c3c[nH]c(C=O)c3)ccc21. The number of H-pyrrole nitrogens is 1. The quantitative estimate of drug-likeness (QED) is 0.785. The lowest BCUT2D eigenvalue weighted by atomic mass is 9.63. The van der Waals surface area contributed by atoms with E-state index in [-0.39, 0.29) is 10.8 Å². The molecule has 3 rings (SSSR count). The van der Waals surface area contributed by atoms with Crippen LogP contribution < -0.4 is 0 Å². The Morgan fingerprint density at radius 3 is 2.24 bits per heavy atom. The molecule has 0 atom stereocenters. The number of aldehydes is 1. The molecule has 0 bridgehead atoms. The highest BCUT2D eigenvalue weighted by Crippen LogP contribution is 2.46. The Morgan fingerprint density at radius 1 is 0.952 bits per heavy atom. The maximum atomic E-state index is 10.8. The van der Waals surface area contributed by atoms with Crippen LogP contribution in [0, 0.1) is 0 Å². The van der Waals surface area contributed by atoms with Crippen molar-refractivity contribution >= 4 is 6.29 Å².